The Kier molecular flexibility index (Phi) is 6.66. The molecule has 0 radical (unpaired) electrons. The summed E-state index contributed by atoms with van der Waals surface area (Å²) in [6.07, 6.45) is 0. The van der Waals surface area contributed by atoms with E-state index in [2.05, 4.69) is 48.6 Å². The minimum atomic E-state index is 0.567. The summed E-state index contributed by atoms with van der Waals surface area (Å²) in [7, 11) is 0. The third-order valence-corrected chi connectivity index (χ3v) is 6.09. The Morgan fingerprint density at radius 1 is 0.794 bits per heavy atom. The Morgan fingerprint density at radius 2 is 1.56 bits per heavy atom. The van der Waals surface area contributed by atoms with E-state index in [-0.39, 0.29) is 0 Å². The number of hydrogen-bond acceptors (Lipinski definition) is 3. The number of aryl methyl sites for hydroxylation is 1. The van der Waals surface area contributed by atoms with Crippen molar-refractivity contribution < 1.29 is 9.15 Å². The molecule has 4 aromatic carbocycles. The average molecular weight is 468 g/mol. The second-order valence-corrected chi connectivity index (χ2v) is 8.86. The van der Waals surface area contributed by atoms with Crippen LogP contribution in [0.5, 0.6) is 5.75 Å². The molecule has 0 aliphatic carbocycles. The first-order chi connectivity index (χ1) is 16.7. The monoisotopic (exact) mass is 467 g/mol. The van der Waals surface area contributed by atoms with Crippen molar-refractivity contribution >= 4 is 22.6 Å². The standard InChI is InChI=1S/C30H26ClNO2/c1-21-7-16-28-27(17-21)30(24-10-12-25(31)13-11-24)29(34-28)19-32-18-22-8-14-26(15-9-22)33-20-23-5-3-2-4-6-23/h2-17,32H,18-20H2,1H3. The molecule has 3 nitrogen and oxygen atoms in total. The quantitative estimate of drug-likeness (QED) is 0.251. The molecule has 5 aromatic rings. The molecule has 0 amide bonds. The third kappa shape index (κ3) is 5.17. The Morgan fingerprint density at radius 3 is 2.32 bits per heavy atom. The van der Waals surface area contributed by atoms with Crippen LogP contribution in [0, 0.1) is 6.92 Å². The van der Waals surface area contributed by atoms with Crippen LogP contribution in [0.2, 0.25) is 5.02 Å². The number of benzene rings is 4. The van der Waals surface area contributed by atoms with Crippen LogP contribution >= 0.6 is 11.6 Å². The van der Waals surface area contributed by atoms with Gasteiger partial charge in [-0.25, -0.2) is 0 Å². The molecule has 0 fully saturated rings. The number of hydrogen-bond donors (Lipinski definition) is 1. The van der Waals surface area contributed by atoms with Crippen LogP contribution < -0.4 is 10.1 Å². The van der Waals surface area contributed by atoms with Crippen LogP contribution in [0.15, 0.2) is 101 Å². The molecule has 0 spiro atoms. The predicted octanol–water partition coefficient (Wildman–Crippen LogP) is 7.93. The van der Waals surface area contributed by atoms with Gasteiger partial charge in [0.25, 0.3) is 0 Å². The lowest BCUT2D eigenvalue weighted by molar-refractivity contribution is 0.306. The minimum Gasteiger partial charge on any atom is -0.489 e. The van der Waals surface area contributed by atoms with E-state index < -0.39 is 0 Å². The van der Waals surface area contributed by atoms with Crippen molar-refractivity contribution in [1.29, 1.82) is 0 Å². The van der Waals surface area contributed by atoms with Gasteiger partial charge in [-0.1, -0.05) is 77.8 Å². The van der Waals surface area contributed by atoms with E-state index in [1.54, 1.807) is 0 Å². The van der Waals surface area contributed by atoms with E-state index in [1.807, 2.05) is 60.7 Å². The van der Waals surface area contributed by atoms with Crippen LogP contribution in [0.1, 0.15) is 22.5 Å². The van der Waals surface area contributed by atoms with Gasteiger partial charge in [-0.3, -0.25) is 0 Å². The summed E-state index contributed by atoms with van der Waals surface area (Å²) in [5.41, 5.74) is 6.67. The van der Waals surface area contributed by atoms with Crippen LogP contribution in [-0.2, 0) is 19.7 Å². The van der Waals surface area contributed by atoms with Crippen molar-refractivity contribution in [3.05, 3.63) is 125 Å². The molecular weight excluding hydrogens is 442 g/mol. The van der Waals surface area contributed by atoms with E-state index in [0.717, 1.165) is 50.7 Å². The fourth-order valence-electron chi connectivity index (χ4n) is 4.08. The molecule has 0 saturated carbocycles. The normalized spacial score (nSPS) is 11.1. The molecule has 34 heavy (non-hydrogen) atoms. The molecule has 0 atom stereocenters. The highest BCUT2D eigenvalue weighted by Crippen LogP contribution is 2.36. The average Bonchev–Trinajstić information content (AvgIpc) is 3.22. The largest absolute Gasteiger partial charge is 0.489 e. The molecule has 170 valence electrons. The number of ether oxygens (including phenoxy) is 1. The van der Waals surface area contributed by atoms with Crippen molar-refractivity contribution in [2.24, 2.45) is 0 Å². The van der Waals surface area contributed by atoms with Gasteiger partial charge in [0.15, 0.2) is 0 Å². The number of halogens is 1. The van der Waals surface area contributed by atoms with Gasteiger partial charge < -0.3 is 14.5 Å². The SMILES string of the molecule is Cc1ccc2oc(CNCc3ccc(OCc4ccccc4)cc3)c(-c3ccc(Cl)cc3)c2c1. The highest BCUT2D eigenvalue weighted by molar-refractivity contribution is 6.30. The van der Waals surface area contributed by atoms with E-state index in [0.29, 0.717) is 13.2 Å². The first kappa shape index (κ1) is 22.3. The summed E-state index contributed by atoms with van der Waals surface area (Å²) >= 11 is 6.13. The van der Waals surface area contributed by atoms with Gasteiger partial charge in [0.05, 0.1) is 6.54 Å². The fourth-order valence-corrected chi connectivity index (χ4v) is 4.21. The summed E-state index contributed by atoms with van der Waals surface area (Å²) in [4.78, 5) is 0. The maximum atomic E-state index is 6.25. The van der Waals surface area contributed by atoms with Gasteiger partial charge in [0.1, 0.15) is 23.7 Å². The Bertz CT molecular complexity index is 1370. The van der Waals surface area contributed by atoms with Crippen molar-refractivity contribution in [2.75, 3.05) is 0 Å². The first-order valence-corrected chi connectivity index (χ1v) is 11.8. The highest BCUT2D eigenvalue weighted by Gasteiger charge is 2.16. The number of fused-ring (bicyclic) bond motifs is 1. The van der Waals surface area contributed by atoms with E-state index >= 15 is 0 Å². The molecule has 0 bridgehead atoms. The lowest BCUT2D eigenvalue weighted by Crippen LogP contribution is -2.12. The van der Waals surface area contributed by atoms with Gasteiger partial charge in [-0.05, 0) is 60.0 Å². The maximum Gasteiger partial charge on any atom is 0.135 e. The summed E-state index contributed by atoms with van der Waals surface area (Å²) in [6.45, 7) is 4.02. The van der Waals surface area contributed by atoms with Crippen LogP contribution in [0.3, 0.4) is 0 Å². The van der Waals surface area contributed by atoms with E-state index in [4.69, 9.17) is 20.8 Å². The minimum absolute atomic E-state index is 0.567. The van der Waals surface area contributed by atoms with Crippen molar-refractivity contribution in [3.8, 4) is 16.9 Å². The highest BCUT2D eigenvalue weighted by atomic mass is 35.5. The Hall–Kier alpha value is -3.53. The number of rotatable bonds is 8. The molecule has 0 aliphatic heterocycles. The zero-order valence-corrected chi connectivity index (χ0v) is 19.8. The smallest absolute Gasteiger partial charge is 0.135 e. The lowest BCUT2D eigenvalue weighted by Gasteiger charge is -2.09. The third-order valence-electron chi connectivity index (χ3n) is 5.84. The molecule has 0 unspecified atom stereocenters. The molecular formula is C30H26ClNO2. The first-order valence-electron chi connectivity index (χ1n) is 11.4. The van der Waals surface area contributed by atoms with E-state index in [9.17, 15) is 0 Å². The van der Waals surface area contributed by atoms with Gasteiger partial charge >= 0.3 is 0 Å². The molecule has 4 heteroatoms. The molecule has 0 saturated heterocycles. The molecule has 1 aromatic heterocycles. The zero-order chi connectivity index (χ0) is 23.3. The second kappa shape index (κ2) is 10.2. The van der Waals surface area contributed by atoms with E-state index in [1.165, 1.54) is 11.1 Å². The van der Waals surface area contributed by atoms with Gasteiger partial charge in [-0.15, -0.1) is 0 Å². The molecule has 0 aliphatic rings. The fraction of sp³-hybridized carbons (Fsp3) is 0.133. The van der Waals surface area contributed by atoms with Gasteiger partial charge in [0, 0.05) is 22.5 Å². The molecule has 1 heterocycles. The second-order valence-electron chi connectivity index (χ2n) is 8.43. The van der Waals surface area contributed by atoms with Crippen molar-refractivity contribution in [1.82, 2.24) is 5.32 Å². The Balaban J connectivity index is 1.27. The zero-order valence-electron chi connectivity index (χ0n) is 19.1. The summed E-state index contributed by atoms with van der Waals surface area (Å²) in [5, 5.41) is 5.38. The molecule has 5 rings (SSSR count). The predicted molar refractivity (Wildman–Crippen MR) is 139 cm³/mol. The van der Waals surface area contributed by atoms with Crippen molar-refractivity contribution in [3.63, 3.8) is 0 Å². The maximum absolute atomic E-state index is 6.25. The summed E-state index contributed by atoms with van der Waals surface area (Å²) in [6, 6.07) is 32.6. The summed E-state index contributed by atoms with van der Waals surface area (Å²) in [5.74, 6) is 1.79. The Labute approximate surface area is 205 Å². The van der Waals surface area contributed by atoms with Crippen molar-refractivity contribution in [2.45, 2.75) is 26.6 Å². The topological polar surface area (TPSA) is 34.4 Å². The number of nitrogens with one attached hydrogen (secondary N) is 1. The summed E-state index contributed by atoms with van der Waals surface area (Å²) < 4.78 is 12.1. The van der Waals surface area contributed by atoms with Gasteiger partial charge in [0.2, 0.25) is 0 Å². The lowest BCUT2D eigenvalue weighted by atomic mass is 10.0. The van der Waals surface area contributed by atoms with Crippen LogP contribution in [-0.4, -0.2) is 0 Å². The van der Waals surface area contributed by atoms with Crippen LogP contribution in [0.25, 0.3) is 22.1 Å². The molecule has 1 N–H and O–H groups in total. The number of furan rings is 1. The van der Waals surface area contributed by atoms with Crippen LogP contribution in [0.4, 0.5) is 0 Å². The van der Waals surface area contributed by atoms with Gasteiger partial charge in [-0.2, -0.15) is 0 Å².